The average molecular weight is 257 g/mol. The number of hydrogen-bond acceptors (Lipinski definition) is 2. The summed E-state index contributed by atoms with van der Waals surface area (Å²) >= 11 is 5.74. The minimum atomic E-state index is -0.221. The molecule has 0 amide bonds. The molecule has 1 aromatic carbocycles. The molecule has 0 aromatic heterocycles. The van der Waals surface area contributed by atoms with Crippen LogP contribution in [0.25, 0.3) is 0 Å². The van der Waals surface area contributed by atoms with Crippen LogP contribution >= 0.6 is 11.6 Å². The molecule has 1 saturated heterocycles. The van der Waals surface area contributed by atoms with Crippen LogP contribution in [0.15, 0.2) is 18.2 Å². The molecule has 2 rings (SSSR count). The zero-order chi connectivity index (χ0) is 12.4. The highest BCUT2D eigenvalue weighted by Gasteiger charge is 2.28. The first-order valence-corrected chi connectivity index (χ1v) is 6.36. The maximum absolute atomic E-state index is 13.7. The lowest BCUT2D eigenvalue weighted by Gasteiger charge is -2.21. The molecule has 1 heterocycles. The highest BCUT2D eigenvalue weighted by atomic mass is 35.5. The zero-order valence-corrected chi connectivity index (χ0v) is 10.8. The van der Waals surface area contributed by atoms with Gasteiger partial charge in [-0.25, -0.2) is 4.39 Å². The number of halogens is 2. The Balaban J connectivity index is 2.06. The Hall–Kier alpha value is -0.640. The number of nitrogens with zero attached hydrogens (tertiary/aromatic N) is 1. The SMILES string of the molecule is CC1CC(CN)CN1Cc1ccc(Cl)cc1F. The molecule has 1 fully saturated rings. The molecule has 0 bridgehead atoms. The second-order valence-electron chi connectivity index (χ2n) is 4.85. The zero-order valence-electron chi connectivity index (χ0n) is 10.00. The van der Waals surface area contributed by atoms with Crippen molar-refractivity contribution in [1.29, 1.82) is 0 Å². The minimum Gasteiger partial charge on any atom is -0.330 e. The highest BCUT2D eigenvalue weighted by molar-refractivity contribution is 6.30. The van der Waals surface area contributed by atoms with Gasteiger partial charge in [0.1, 0.15) is 5.82 Å². The number of rotatable bonds is 3. The van der Waals surface area contributed by atoms with E-state index in [-0.39, 0.29) is 5.82 Å². The predicted octanol–water partition coefficient (Wildman–Crippen LogP) is 2.65. The molecular weight excluding hydrogens is 239 g/mol. The van der Waals surface area contributed by atoms with E-state index in [2.05, 4.69) is 11.8 Å². The van der Waals surface area contributed by atoms with Crippen molar-refractivity contribution in [3.8, 4) is 0 Å². The number of benzene rings is 1. The van der Waals surface area contributed by atoms with Crippen molar-refractivity contribution in [2.45, 2.75) is 25.9 Å². The van der Waals surface area contributed by atoms with Crippen LogP contribution in [0.4, 0.5) is 4.39 Å². The van der Waals surface area contributed by atoms with Gasteiger partial charge in [-0.3, -0.25) is 4.90 Å². The molecule has 0 spiro atoms. The third kappa shape index (κ3) is 2.97. The largest absolute Gasteiger partial charge is 0.330 e. The molecule has 0 radical (unpaired) electrons. The maximum Gasteiger partial charge on any atom is 0.129 e. The molecule has 0 aliphatic carbocycles. The highest BCUT2D eigenvalue weighted by Crippen LogP contribution is 2.25. The summed E-state index contributed by atoms with van der Waals surface area (Å²) in [5.74, 6) is 0.321. The fourth-order valence-corrected chi connectivity index (χ4v) is 2.64. The molecule has 4 heteroatoms. The van der Waals surface area contributed by atoms with E-state index in [1.807, 2.05) is 0 Å². The van der Waals surface area contributed by atoms with Gasteiger partial charge in [-0.1, -0.05) is 17.7 Å². The van der Waals surface area contributed by atoms with Gasteiger partial charge in [-0.15, -0.1) is 0 Å². The average Bonchev–Trinajstić information content (AvgIpc) is 2.64. The monoisotopic (exact) mass is 256 g/mol. The normalized spacial score (nSPS) is 25.4. The Morgan fingerprint density at radius 2 is 2.29 bits per heavy atom. The van der Waals surface area contributed by atoms with Gasteiger partial charge in [0.05, 0.1) is 0 Å². The van der Waals surface area contributed by atoms with Crippen LogP contribution in [-0.4, -0.2) is 24.0 Å². The van der Waals surface area contributed by atoms with E-state index >= 15 is 0 Å². The maximum atomic E-state index is 13.7. The second-order valence-corrected chi connectivity index (χ2v) is 5.29. The lowest BCUT2D eigenvalue weighted by molar-refractivity contribution is 0.252. The van der Waals surface area contributed by atoms with Crippen LogP contribution in [0.1, 0.15) is 18.9 Å². The molecular formula is C13H18ClFN2. The van der Waals surface area contributed by atoms with Crippen LogP contribution < -0.4 is 5.73 Å². The topological polar surface area (TPSA) is 29.3 Å². The van der Waals surface area contributed by atoms with Crippen molar-refractivity contribution in [2.24, 2.45) is 11.7 Å². The van der Waals surface area contributed by atoms with Crippen LogP contribution in [0.3, 0.4) is 0 Å². The van der Waals surface area contributed by atoms with Gasteiger partial charge in [0.25, 0.3) is 0 Å². The molecule has 0 saturated carbocycles. The Kier molecular flexibility index (Phi) is 4.02. The molecule has 2 atom stereocenters. The summed E-state index contributed by atoms with van der Waals surface area (Å²) in [7, 11) is 0. The Morgan fingerprint density at radius 1 is 1.53 bits per heavy atom. The molecule has 1 aliphatic heterocycles. The lowest BCUT2D eigenvalue weighted by Crippen LogP contribution is -2.27. The Labute approximate surface area is 107 Å². The van der Waals surface area contributed by atoms with Crippen LogP contribution in [-0.2, 0) is 6.54 Å². The van der Waals surface area contributed by atoms with Crippen LogP contribution in [0.5, 0.6) is 0 Å². The van der Waals surface area contributed by atoms with Gasteiger partial charge < -0.3 is 5.73 Å². The molecule has 17 heavy (non-hydrogen) atoms. The van der Waals surface area contributed by atoms with E-state index in [4.69, 9.17) is 17.3 Å². The minimum absolute atomic E-state index is 0.221. The van der Waals surface area contributed by atoms with Gasteiger partial charge in [0.15, 0.2) is 0 Å². The fourth-order valence-electron chi connectivity index (χ4n) is 2.48. The van der Waals surface area contributed by atoms with Gasteiger partial charge >= 0.3 is 0 Å². The number of hydrogen-bond donors (Lipinski definition) is 1. The number of likely N-dealkylation sites (tertiary alicyclic amines) is 1. The van der Waals surface area contributed by atoms with Crippen molar-refractivity contribution in [2.75, 3.05) is 13.1 Å². The van der Waals surface area contributed by atoms with E-state index in [0.717, 1.165) is 13.0 Å². The third-order valence-corrected chi connectivity index (χ3v) is 3.75. The van der Waals surface area contributed by atoms with Crippen molar-refractivity contribution in [3.63, 3.8) is 0 Å². The van der Waals surface area contributed by atoms with Gasteiger partial charge in [0, 0.05) is 29.7 Å². The molecule has 2 unspecified atom stereocenters. The molecule has 94 valence electrons. The molecule has 1 aliphatic rings. The van der Waals surface area contributed by atoms with E-state index in [0.29, 0.717) is 35.6 Å². The Morgan fingerprint density at radius 3 is 2.88 bits per heavy atom. The van der Waals surface area contributed by atoms with E-state index in [9.17, 15) is 4.39 Å². The van der Waals surface area contributed by atoms with E-state index in [1.54, 1.807) is 12.1 Å². The molecule has 1 aromatic rings. The van der Waals surface area contributed by atoms with Crippen molar-refractivity contribution >= 4 is 11.6 Å². The number of nitrogens with two attached hydrogens (primary N) is 1. The third-order valence-electron chi connectivity index (χ3n) is 3.51. The van der Waals surface area contributed by atoms with Crippen LogP contribution in [0, 0.1) is 11.7 Å². The first kappa shape index (κ1) is 12.8. The summed E-state index contributed by atoms with van der Waals surface area (Å²) < 4.78 is 13.7. The second kappa shape index (κ2) is 5.34. The van der Waals surface area contributed by atoms with E-state index < -0.39 is 0 Å². The van der Waals surface area contributed by atoms with Gasteiger partial charge in [-0.2, -0.15) is 0 Å². The summed E-state index contributed by atoms with van der Waals surface area (Å²) in [6.07, 6.45) is 1.10. The summed E-state index contributed by atoms with van der Waals surface area (Å²) in [5.41, 5.74) is 6.39. The molecule has 2 N–H and O–H groups in total. The first-order valence-electron chi connectivity index (χ1n) is 5.98. The van der Waals surface area contributed by atoms with E-state index in [1.165, 1.54) is 6.07 Å². The summed E-state index contributed by atoms with van der Waals surface area (Å²) in [5, 5.41) is 0.445. The summed E-state index contributed by atoms with van der Waals surface area (Å²) in [6, 6.07) is 5.35. The quantitative estimate of drug-likeness (QED) is 0.901. The lowest BCUT2D eigenvalue weighted by atomic mass is 10.1. The van der Waals surface area contributed by atoms with Gasteiger partial charge in [0.2, 0.25) is 0 Å². The standard InChI is InChI=1S/C13H18ClFN2/c1-9-4-10(6-16)7-17(9)8-11-2-3-12(14)5-13(11)15/h2-3,5,9-10H,4,6-8,16H2,1H3. The first-order chi connectivity index (χ1) is 8.10. The van der Waals surface area contributed by atoms with Crippen molar-refractivity contribution < 1.29 is 4.39 Å². The molecule has 2 nitrogen and oxygen atoms in total. The van der Waals surface area contributed by atoms with Crippen molar-refractivity contribution in [1.82, 2.24) is 4.90 Å². The van der Waals surface area contributed by atoms with Crippen molar-refractivity contribution in [3.05, 3.63) is 34.6 Å². The van der Waals surface area contributed by atoms with Gasteiger partial charge in [-0.05, 0) is 37.9 Å². The smallest absolute Gasteiger partial charge is 0.129 e. The Bertz CT molecular complexity index is 397. The van der Waals surface area contributed by atoms with Crippen LogP contribution in [0.2, 0.25) is 5.02 Å². The summed E-state index contributed by atoms with van der Waals surface area (Å²) in [6.45, 7) is 4.48. The predicted molar refractivity (Wildman–Crippen MR) is 68.4 cm³/mol. The summed E-state index contributed by atoms with van der Waals surface area (Å²) in [4.78, 5) is 2.28. The fraction of sp³-hybridized carbons (Fsp3) is 0.538.